The van der Waals surface area contributed by atoms with Crippen LogP contribution in [0, 0.1) is 5.41 Å². The van der Waals surface area contributed by atoms with Gasteiger partial charge in [-0.2, -0.15) is 5.10 Å². The number of amides is 1. The van der Waals surface area contributed by atoms with E-state index in [1.54, 1.807) is 30.5 Å². The smallest absolute Gasteiger partial charge is 0.254 e. The molecule has 4 heterocycles. The number of hydrogen-bond donors (Lipinski definition) is 3. The summed E-state index contributed by atoms with van der Waals surface area (Å²) in [6.07, 6.45) is 3.77. The maximum atomic E-state index is 13.3. The summed E-state index contributed by atoms with van der Waals surface area (Å²) in [5.74, 6) is 0.233. The Balaban J connectivity index is 1.49. The molecule has 138 valence electrons. The zero-order chi connectivity index (χ0) is 18.4. The van der Waals surface area contributed by atoms with Gasteiger partial charge in [0.1, 0.15) is 5.75 Å². The molecule has 2 fully saturated rings. The lowest BCUT2D eigenvalue weighted by molar-refractivity contribution is 0.0416. The van der Waals surface area contributed by atoms with Crippen molar-refractivity contribution in [1.82, 2.24) is 25.4 Å². The van der Waals surface area contributed by atoms with Crippen molar-refractivity contribution in [2.75, 3.05) is 26.2 Å². The van der Waals surface area contributed by atoms with Crippen LogP contribution in [0.1, 0.15) is 23.2 Å². The van der Waals surface area contributed by atoms with Gasteiger partial charge in [-0.3, -0.25) is 9.89 Å². The van der Waals surface area contributed by atoms with E-state index in [1.807, 2.05) is 11.0 Å². The molecule has 3 aromatic rings. The number of nitrogens with zero attached hydrogens (tertiary/aromatic N) is 3. The van der Waals surface area contributed by atoms with Gasteiger partial charge in [-0.25, -0.2) is 4.98 Å². The molecule has 2 aromatic heterocycles. The minimum Gasteiger partial charge on any atom is -0.508 e. The summed E-state index contributed by atoms with van der Waals surface area (Å²) >= 11 is 0. The number of rotatable bonds is 2. The standard InChI is InChI=1S/C20H21N5O2/c26-14-3-1-13(2-4-14)17-9-15(16-10-22-24-18(16)23-17)19(27)25-7-5-20(6-8-25)11-21-12-20/h1-4,9-10,21,26H,5-8,11-12H2,(H,22,23,24). The van der Waals surface area contributed by atoms with E-state index in [2.05, 4.69) is 20.5 Å². The average Bonchev–Trinajstić information content (AvgIpc) is 3.15. The molecule has 2 aliphatic heterocycles. The monoisotopic (exact) mass is 363 g/mol. The van der Waals surface area contributed by atoms with Crippen LogP contribution in [0.2, 0.25) is 0 Å². The Morgan fingerprint density at radius 3 is 2.56 bits per heavy atom. The topological polar surface area (TPSA) is 94.1 Å². The number of aromatic nitrogens is 3. The number of phenols is 1. The van der Waals surface area contributed by atoms with Gasteiger partial charge in [-0.1, -0.05) is 0 Å². The highest BCUT2D eigenvalue weighted by Gasteiger charge is 2.40. The zero-order valence-corrected chi connectivity index (χ0v) is 14.9. The van der Waals surface area contributed by atoms with Gasteiger partial charge in [0.2, 0.25) is 0 Å². The van der Waals surface area contributed by atoms with Gasteiger partial charge in [-0.15, -0.1) is 0 Å². The van der Waals surface area contributed by atoms with Crippen molar-refractivity contribution in [3.05, 3.63) is 42.1 Å². The molecule has 7 heteroatoms. The minimum absolute atomic E-state index is 0.0333. The first-order chi connectivity index (χ1) is 13.1. The number of benzene rings is 1. The predicted molar refractivity (Wildman–Crippen MR) is 101 cm³/mol. The maximum Gasteiger partial charge on any atom is 0.254 e. The van der Waals surface area contributed by atoms with Gasteiger partial charge in [0.05, 0.1) is 22.8 Å². The third-order valence-electron chi connectivity index (χ3n) is 5.93. The first-order valence-corrected chi connectivity index (χ1v) is 9.27. The summed E-state index contributed by atoms with van der Waals surface area (Å²) in [6, 6.07) is 8.66. The second-order valence-electron chi connectivity index (χ2n) is 7.63. The Hall–Kier alpha value is -2.93. The number of hydrogen-bond acceptors (Lipinski definition) is 5. The van der Waals surface area contributed by atoms with Crippen molar-refractivity contribution < 1.29 is 9.90 Å². The molecule has 5 rings (SSSR count). The SMILES string of the molecule is O=C(c1cc(-c2ccc(O)cc2)nc2[nH]ncc12)N1CCC2(CC1)CNC2. The number of H-pyrrole nitrogens is 1. The van der Waals surface area contributed by atoms with E-state index in [9.17, 15) is 9.90 Å². The van der Waals surface area contributed by atoms with E-state index < -0.39 is 0 Å². The molecule has 2 aliphatic rings. The fourth-order valence-corrected chi connectivity index (χ4v) is 4.07. The van der Waals surface area contributed by atoms with E-state index >= 15 is 0 Å². The number of pyridine rings is 1. The molecule has 7 nitrogen and oxygen atoms in total. The van der Waals surface area contributed by atoms with Crippen LogP contribution in [-0.4, -0.2) is 57.3 Å². The number of carbonyl (C=O) groups excluding carboxylic acids is 1. The van der Waals surface area contributed by atoms with Gasteiger partial charge in [0.25, 0.3) is 5.91 Å². The van der Waals surface area contributed by atoms with Crippen molar-refractivity contribution in [2.24, 2.45) is 5.41 Å². The second-order valence-corrected chi connectivity index (χ2v) is 7.63. The molecule has 3 N–H and O–H groups in total. The Kier molecular flexibility index (Phi) is 3.65. The van der Waals surface area contributed by atoms with E-state index in [1.165, 1.54) is 0 Å². The maximum absolute atomic E-state index is 13.3. The van der Waals surface area contributed by atoms with Gasteiger partial charge >= 0.3 is 0 Å². The fraction of sp³-hybridized carbons (Fsp3) is 0.350. The molecular weight excluding hydrogens is 342 g/mol. The Morgan fingerprint density at radius 2 is 1.89 bits per heavy atom. The number of nitrogens with one attached hydrogen (secondary N) is 2. The number of aromatic hydroxyl groups is 1. The van der Waals surface area contributed by atoms with Crippen molar-refractivity contribution in [1.29, 1.82) is 0 Å². The fourth-order valence-electron chi connectivity index (χ4n) is 4.07. The van der Waals surface area contributed by atoms with Crippen LogP contribution in [0.4, 0.5) is 0 Å². The van der Waals surface area contributed by atoms with Crippen molar-refractivity contribution in [3.63, 3.8) is 0 Å². The van der Waals surface area contributed by atoms with Gasteiger partial charge in [0.15, 0.2) is 5.65 Å². The van der Waals surface area contributed by atoms with Crippen molar-refractivity contribution in [2.45, 2.75) is 12.8 Å². The first kappa shape index (κ1) is 16.3. The third kappa shape index (κ3) is 2.75. The Morgan fingerprint density at radius 1 is 1.15 bits per heavy atom. The molecule has 0 unspecified atom stereocenters. The number of fused-ring (bicyclic) bond motifs is 1. The number of likely N-dealkylation sites (tertiary alicyclic amines) is 1. The van der Waals surface area contributed by atoms with Crippen LogP contribution in [0.25, 0.3) is 22.3 Å². The Labute approximate surface area is 156 Å². The molecule has 0 aliphatic carbocycles. The normalized spacial score (nSPS) is 18.6. The summed E-state index contributed by atoms with van der Waals surface area (Å²) < 4.78 is 0. The summed E-state index contributed by atoms with van der Waals surface area (Å²) in [7, 11) is 0. The van der Waals surface area contributed by atoms with Crippen molar-refractivity contribution >= 4 is 16.9 Å². The number of phenolic OH excluding ortho intramolecular Hbond substituents is 1. The molecule has 27 heavy (non-hydrogen) atoms. The summed E-state index contributed by atoms with van der Waals surface area (Å²) in [5, 5.41) is 20.6. The lowest BCUT2D eigenvalue weighted by Crippen LogP contribution is -2.58. The van der Waals surface area contributed by atoms with Crippen LogP contribution in [0.5, 0.6) is 5.75 Å². The van der Waals surface area contributed by atoms with E-state index in [0.717, 1.165) is 50.0 Å². The molecule has 1 aromatic carbocycles. The summed E-state index contributed by atoms with van der Waals surface area (Å²) in [6.45, 7) is 3.72. The van der Waals surface area contributed by atoms with Crippen LogP contribution in [0.3, 0.4) is 0 Å². The molecule has 0 bridgehead atoms. The largest absolute Gasteiger partial charge is 0.508 e. The van der Waals surface area contributed by atoms with Gasteiger partial charge < -0.3 is 15.3 Å². The third-order valence-corrected chi connectivity index (χ3v) is 5.93. The van der Waals surface area contributed by atoms with Gasteiger partial charge in [0, 0.05) is 31.7 Å². The van der Waals surface area contributed by atoms with E-state index in [4.69, 9.17) is 0 Å². The van der Waals surface area contributed by atoms with Crippen LogP contribution >= 0.6 is 0 Å². The molecular formula is C20H21N5O2. The molecule has 0 atom stereocenters. The van der Waals surface area contributed by atoms with Crippen molar-refractivity contribution in [3.8, 4) is 17.0 Å². The average molecular weight is 363 g/mol. The minimum atomic E-state index is 0.0333. The van der Waals surface area contributed by atoms with Crippen LogP contribution < -0.4 is 5.32 Å². The highest BCUT2D eigenvalue weighted by atomic mass is 16.3. The zero-order valence-electron chi connectivity index (χ0n) is 14.9. The van der Waals surface area contributed by atoms with E-state index in [-0.39, 0.29) is 11.7 Å². The lowest BCUT2D eigenvalue weighted by Gasteiger charge is -2.48. The lowest BCUT2D eigenvalue weighted by atomic mass is 9.73. The first-order valence-electron chi connectivity index (χ1n) is 9.27. The highest BCUT2D eigenvalue weighted by Crippen LogP contribution is 2.36. The molecule has 1 amide bonds. The molecule has 0 saturated carbocycles. The predicted octanol–water partition coefficient (Wildman–Crippen LogP) is 2.16. The quantitative estimate of drug-likeness (QED) is 0.649. The number of aromatic amines is 1. The summed E-state index contributed by atoms with van der Waals surface area (Å²) in [5.41, 5.74) is 3.15. The summed E-state index contributed by atoms with van der Waals surface area (Å²) in [4.78, 5) is 19.8. The molecule has 1 spiro atoms. The second kappa shape index (κ2) is 6.06. The highest BCUT2D eigenvalue weighted by molar-refractivity contribution is 6.06. The number of piperidine rings is 1. The van der Waals surface area contributed by atoms with Crippen LogP contribution in [-0.2, 0) is 0 Å². The number of carbonyl (C=O) groups is 1. The van der Waals surface area contributed by atoms with Crippen LogP contribution in [0.15, 0.2) is 36.5 Å². The molecule has 0 radical (unpaired) electrons. The van der Waals surface area contributed by atoms with Gasteiger partial charge in [-0.05, 0) is 48.6 Å². The molecule has 2 saturated heterocycles. The van der Waals surface area contributed by atoms with E-state index in [0.29, 0.717) is 22.3 Å². The Bertz CT molecular complexity index is 997.